The Labute approximate surface area is 137 Å². The van der Waals surface area contributed by atoms with Crippen LogP contribution in [0.5, 0.6) is 11.5 Å². The molecule has 0 spiro atoms. The fraction of sp³-hybridized carbons (Fsp3) is 0.467. The average molecular weight is 372 g/mol. The van der Waals surface area contributed by atoms with E-state index in [0.29, 0.717) is 60.6 Å². The summed E-state index contributed by atoms with van der Waals surface area (Å²) in [6.45, 7) is 1.47. The van der Waals surface area contributed by atoms with Gasteiger partial charge in [0, 0.05) is 18.5 Å². The number of fused-ring (bicyclic) bond motifs is 1. The fourth-order valence-electron chi connectivity index (χ4n) is 2.04. The highest BCUT2D eigenvalue weighted by Crippen LogP contribution is 2.38. The Morgan fingerprint density at radius 3 is 2.82 bits per heavy atom. The highest BCUT2D eigenvalue weighted by Gasteiger charge is 2.18. The number of nitrogens with one attached hydrogen (secondary N) is 1. The van der Waals surface area contributed by atoms with Gasteiger partial charge in [-0.3, -0.25) is 9.59 Å². The highest BCUT2D eigenvalue weighted by molar-refractivity contribution is 9.10. The molecule has 0 fully saturated rings. The summed E-state index contributed by atoms with van der Waals surface area (Å²) in [5, 5.41) is 2.82. The van der Waals surface area contributed by atoms with Crippen LogP contribution in [0.2, 0.25) is 0 Å². The first-order chi connectivity index (χ1) is 10.6. The number of unbranched alkanes of at least 4 members (excludes halogenated alkanes) is 1. The van der Waals surface area contributed by atoms with E-state index in [2.05, 4.69) is 26.0 Å². The third-order valence-electron chi connectivity index (χ3n) is 3.18. The Balaban J connectivity index is 1.85. The Morgan fingerprint density at radius 1 is 1.27 bits per heavy atom. The smallest absolute Gasteiger partial charge is 0.305 e. The van der Waals surface area contributed by atoms with E-state index in [1.54, 1.807) is 12.1 Å². The topological polar surface area (TPSA) is 73.9 Å². The number of carbonyl (C=O) groups excluding carboxylic acids is 2. The number of halogens is 1. The summed E-state index contributed by atoms with van der Waals surface area (Å²) < 4.78 is 16.2. The molecule has 0 bridgehead atoms. The fourth-order valence-corrected chi connectivity index (χ4v) is 2.60. The molecular formula is C15H18BrNO5. The lowest BCUT2D eigenvalue weighted by molar-refractivity contribution is -0.140. The number of carbonyl (C=O) groups is 2. The van der Waals surface area contributed by atoms with Crippen molar-refractivity contribution in [1.82, 2.24) is 5.32 Å². The number of benzene rings is 1. The van der Waals surface area contributed by atoms with E-state index >= 15 is 0 Å². The minimum Gasteiger partial charge on any atom is -0.486 e. The van der Waals surface area contributed by atoms with Crippen LogP contribution in [0.1, 0.15) is 29.6 Å². The van der Waals surface area contributed by atoms with E-state index in [4.69, 9.17) is 9.47 Å². The SMILES string of the molecule is COC(=O)CCCCNC(=O)c1cc(Br)c2c(c1)OCCO2. The van der Waals surface area contributed by atoms with Crippen LogP contribution in [0.15, 0.2) is 16.6 Å². The van der Waals surface area contributed by atoms with Crippen molar-refractivity contribution < 1.29 is 23.8 Å². The standard InChI is InChI=1S/C15H18BrNO5/c1-20-13(18)4-2-3-5-17-15(19)10-8-11(16)14-12(9-10)21-6-7-22-14/h8-9H,2-7H2,1H3,(H,17,19). The third-order valence-corrected chi connectivity index (χ3v) is 3.77. The van der Waals surface area contributed by atoms with Crippen LogP contribution in [0.4, 0.5) is 0 Å². The molecule has 0 saturated carbocycles. The number of methoxy groups -OCH3 is 1. The van der Waals surface area contributed by atoms with Gasteiger partial charge >= 0.3 is 5.97 Å². The summed E-state index contributed by atoms with van der Waals surface area (Å²) in [5.41, 5.74) is 0.504. The lowest BCUT2D eigenvalue weighted by Gasteiger charge is -2.20. The number of hydrogen-bond acceptors (Lipinski definition) is 5. The lowest BCUT2D eigenvalue weighted by Crippen LogP contribution is -2.25. The summed E-state index contributed by atoms with van der Waals surface area (Å²) >= 11 is 3.38. The molecule has 7 heteroatoms. The molecule has 1 heterocycles. The van der Waals surface area contributed by atoms with Gasteiger partial charge < -0.3 is 19.5 Å². The summed E-state index contributed by atoms with van der Waals surface area (Å²) in [5.74, 6) is 0.773. The van der Waals surface area contributed by atoms with Gasteiger partial charge in [-0.1, -0.05) is 0 Å². The van der Waals surface area contributed by atoms with Gasteiger partial charge in [-0.05, 0) is 40.9 Å². The van der Waals surface area contributed by atoms with Crippen LogP contribution >= 0.6 is 15.9 Å². The molecule has 1 aromatic rings. The monoisotopic (exact) mass is 371 g/mol. The number of ether oxygens (including phenoxy) is 3. The van der Waals surface area contributed by atoms with Crippen molar-refractivity contribution in [2.45, 2.75) is 19.3 Å². The molecule has 0 radical (unpaired) electrons. The zero-order valence-corrected chi connectivity index (χ0v) is 13.9. The minimum atomic E-state index is -0.234. The molecule has 0 aromatic heterocycles. The van der Waals surface area contributed by atoms with Crippen molar-refractivity contribution in [2.75, 3.05) is 26.9 Å². The molecule has 1 aliphatic heterocycles. The van der Waals surface area contributed by atoms with Crippen LogP contribution in [-0.4, -0.2) is 38.7 Å². The maximum Gasteiger partial charge on any atom is 0.305 e. The van der Waals surface area contributed by atoms with Gasteiger partial charge in [0.15, 0.2) is 11.5 Å². The normalized spacial score (nSPS) is 12.6. The largest absolute Gasteiger partial charge is 0.486 e. The summed E-state index contributed by atoms with van der Waals surface area (Å²) in [4.78, 5) is 23.1. The minimum absolute atomic E-state index is 0.184. The zero-order valence-electron chi connectivity index (χ0n) is 12.3. The van der Waals surface area contributed by atoms with E-state index < -0.39 is 0 Å². The van der Waals surface area contributed by atoms with E-state index in [9.17, 15) is 9.59 Å². The maximum atomic E-state index is 12.1. The van der Waals surface area contributed by atoms with E-state index in [1.807, 2.05) is 0 Å². The van der Waals surface area contributed by atoms with E-state index in [-0.39, 0.29) is 11.9 Å². The van der Waals surface area contributed by atoms with Gasteiger partial charge in [0.05, 0.1) is 11.6 Å². The molecule has 0 atom stereocenters. The van der Waals surface area contributed by atoms with Crippen molar-refractivity contribution in [3.8, 4) is 11.5 Å². The van der Waals surface area contributed by atoms with E-state index in [0.717, 1.165) is 0 Å². The predicted octanol–water partition coefficient (Wildman–Crippen LogP) is 2.29. The molecule has 0 unspecified atom stereocenters. The summed E-state index contributed by atoms with van der Waals surface area (Å²) in [7, 11) is 1.36. The Hall–Kier alpha value is -1.76. The second-order valence-electron chi connectivity index (χ2n) is 4.77. The van der Waals surface area contributed by atoms with Crippen molar-refractivity contribution in [3.63, 3.8) is 0 Å². The zero-order chi connectivity index (χ0) is 15.9. The molecule has 0 saturated heterocycles. The van der Waals surface area contributed by atoms with Crippen LogP contribution in [0.25, 0.3) is 0 Å². The molecule has 2 rings (SSSR count). The van der Waals surface area contributed by atoms with Gasteiger partial charge in [-0.25, -0.2) is 0 Å². The summed E-state index contributed by atoms with van der Waals surface area (Å²) in [6, 6.07) is 3.38. The molecule has 6 nitrogen and oxygen atoms in total. The maximum absolute atomic E-state index is 12.1. The number of esters is 1. The second kappa shape index (κ2) is 8.03. The Bertz CT molecular complexity index is 561. The first-order valence-electron chi connectivity index (χ1n) is 7.06. The molecule has 1 aliphatic rings. The molecule has 1 N–H and O–H groups in total. The van der Waals surface area contributed by atoms with Crippen molar-refractivity contribution in [3.05, 3.63) is 22.2 Å². The van der Waals surface area contributed by atoms with Crippen molar-refractivity contribution >= 4 is 27.8 Å². The quantitative estimate of drug-likeness (QED) is 0.613. The first kappa shape index (κ1) is 16.6. The number of amides is 1. The van der Waals surface area contributed by atoms with Crippen LogP contribution in [0.3, 0.4) is 0 Å². The van der Waals surface area contributed by atoms with Gasteiger partial charge in [-0.15, -0.1) is 0 Å². The second-order valence-corrected chi connectivity index (χ2v) is 5.63. The number of rotatable bonds is 6. The molecule has 22 heavy (non-hydrogen) atoms. The predicted molar refractivity (Wildman–Crippen MR) is 83.3 cm³/mol. The molecule has 0 aliphatic carbocycles. The molecular weight excluding hydrogens is 354 g/mol. The lowest BCUT2D eigenvalue weighted by atomic mass is 10.1. The van der Waals surface area contributed by atoms with E-state index in [1.165, 1.54) is 7.11 Å². The highest BCUT2D eigenvalue weighted by atomic mass is 79.9. The Morgan fingerprint density at radius 2 is 2.05 bits per heavy atom. The molecule has 120 valence electrons. The Kier molecular flexibility index (Phi) is 6.06. The molecule has 1 aromatic carbocycles. The summed E-state index contributed by atoms with van der Waals surface area (Å²) in [6.07, 6.45) is 1.76. The van der Waals surface area contributed by atoms with Gasteiger partial charge in [0.25, 0.3) is 5.91 Å². The molecule has 1 amide bonds. The van der Waals surface area contributed by atoms with Gasteiger partial charge in [0.1, 0.15) is 13.2 Å². The first-order valence-corrected chi connectivity index (χ1v) is 7.85. The van der Waals surface area contributed by atoms with Crippen LogP contribution < -0.4 is 14.8 Å². The third kappa shape index (κ3) is 4.37. The number of hydrogen-bond donors (Lipinski definition) is 1. The van der Waals surface area contributed by atoms with Crippen molar-refractivity contribution in [1.29, 1.82) is 0 Å². The van der Waals surface area contributed by atoms with Gasteiger partial charge in [-0.2, -0.15) is 0 Å². The van der Waals surface area contributed by atoms with Crippen LogP contribution in [-0.2, 0) is 9.53 Å². The van der Waals surface area contributed by atoms with Gasteiger partial charge in [0.2, 0.25) is 0 Å². The van der Waals surface area contributed by atoms with Crippen LogP contribution in [0, 0.1) is 0 Å². The van der Waals surface area contributed by atoms with Crippen molar-refractivity contribution in [2.24, 2.45) is 0 Å². The average Bonchev–Trinajstić information content (AvgIpc) is 2.54.